The molecule has 0 bridgehead atoms. The summed E-state index contributed by atoms with van der Waals surface area (Å²) in [5, 5.41) is 0. The molecule has 1 fully saturated rings. The van der Waals surface area contributed by atoms with Gasteiger partial charge in [-0.1, -0.05) is 6.07 Å². The van der Waals surface area contributed by atoms with Gasteiger partial charge in [-0.05, 0) is 24.1 Å². The zero-order valence-corrected chi connectivity index (χ0v) is 13.7. The van der Waals surface area contributed by atoms with Gasteiger partial charge in [0.2, 0.25) is 0 Å². The van der Waals surface area contributed by atoms with Crippen LogP contribution in [0.5, 0.6) is 0 Å². The molecule has 4 heteroatoms. The Morgan fingerprint density at radius 3 is 2.71 bits per heavy atom. The van der Waals surface area contributed by atoms with Gasteiger partial charge in [-0.15, -0.1) is 0 Å². The molecule has 116 valence electrons. The summed E-state index contributed by atoms with van der Waals surface area (Å²) in [6.07, 6.45) is 2.49. The second-order valence-corrected chi connectivity index (χ2v) is 7.48. The Morgan fingerprint density at radius 1 is 1.19 bits per heavy atom. The molecular weight excluding hydrogens is 260 g/mol. The minimum Gasteiger partial charge on any atom is -0.399 e. The molecule has 1 aromatic rings. The van der Waals surface area contributed by atoms with Gasteiger partial charge in [-0.3, -0.25) is 4.90 Å². The number of likely N-dealkylation sites (N-methyl/N-ethyl adjacent to an activating group) is 1. The van der Waals surface area contributed by atoms with Crippen molar-refractivity contribution in [3.05, 3.63) is 23.8 Å². The van der Waals surface area contributed by atoms with Gasteiger partial charge in [-0.2, -0.15) is 0 Å². The van der Waals surface area contributed by atoms with Crippen LogP contribution in [0, 0.1) is 0 Å². The third-order valence-corrected chi connectivity index (χ3v) is 5.13. The SMILES string of the molecule is C[N+](C)(C)C1CCN(CCN2CCc3ccc(N)cc32)C1. The second-order valence-electron chi connectivity index (χ2n) is 7.48. The summed E-state index contributed by atoms with van der Waals surface area (Å²) < 4.78 is 1.08. The Kier molecular flexibility index (Phi) is 3.84. The van der Waals surface area contributed by atoms with E-state index in [1.165, 1.54) is 37.3 Å². The van der Waals surface area contributed by atoms with Gasteiger partial charge < -0.3 is 15.1 Å². The normalized spacial score (nSPS) is 22.8. The minimum absolute atomic E-state index is 0.784. The smallest absolute Gasteiger partial charge is 0.102 e. The predicted octanol–water partition coefficient (Wildman–Crippen LogP) is 1.41. The number of fused-ring (bicyclic) bond motifs is 1. The van der Waals surface area contributed by atoms with E-state index < -0.39 is 0 Å². The molecule has 0 aliphatic carbocycles. The van der Waals surface area contributed by atoms with Crippen LogP contribution in [0.1, 0.15) is 12.0 Å². The van der Waals surface area contributed by atoms with Crippen molar-refractivity contribution in [3.8, 4) is 0 Å². The van der Waals surface area contributed by atoms with Crippen molar-refractivity contribution in [1.29, 1.82) is 0 Å². The molecule has 1 saturated heterocycles. The van der Waals surface area contributed by atoms with Crippen molar-refractivity contribution in [1.82, 2.24) is 4.90 Å². The van der Waals surface area contributed by atoms with Crippen LogP contribution in [0.3, 0.4) is 0 Å². The van der Waals surface area contributed by atoms with Gasteiger partial charge >= 0.3 is 0 Å². The van der Waals surface area contributed by atoms with Crippen molar-refractivity contribution < 1.29 is 4.48 Å². The summed E-state index contributed by atoms with van der Waals surface area (Å²) in [5.41, 5.74) is 9.63. The number of nitrogens with two attached hydrogens (primary N) is 1. The number of hydrogen-bond acceptors (Lipinski definition) is 3. The lowest BCUT2D eigenvalue weighted by atomic mass is 10.1. The zero-order chi connectivity index (χ0) is 15.0. The highest BCUT2D eigenvalue weighted by Crippen LogP contribution is 2.29. The minimum atomic E-state index is 0.784. The fourth-order valence-corrected chi connectivity index (χ4v) is 3.60. The van der Waals surface area contributed by atoms with Gasteiger partial charge in [0, 0.05) is 44.0 Å². The molecule has 2 aliphatic heterocycles. The fourth-order valence-electron chi connectivity index (χ4n) is 3.60. The molecule has 2 aliphatic rings. The monoisotopic (exact) mass is 289 g/mol. The van der Waals surface area contributed by atoms with Crippen LogP contribution >= 0.6 is 0 Å². The maximum Gasteiger partial charge on any atom is 0.102 e. The molecule has 0 spiro atoms. The Balaban J connectivity index is 1.55. The van der Waals surface area contributed by atoms with Gasteiger partial charge in [0.05, 0.1) is 27.7 Å². The van der Waals surface area contributed by atoms with Crippen LogP contribution in [0.4, 0.5) is 11.4 Å². The molecule has 21 heavy (non-hydrogen) atoms. The summed E-state index contributed by atoms with van der Waals surface area (Å²) in [6.45, 7) is 5.93. The van der Waals surface area contributed by atoms with Crippen molar-refractivity contribution in [3.63, 3.8) is 0 Å². The molecule has 0 radical (unpaired) electrons. The number of quaternary nitrogens is 1. The molecular formula is C17H29N4+. The van der Waals surface area contributed by atoms with Crippen LogP contribution in [0.15, 0.2) is 18.2 Å². The van der Waals surface area contributed by atoms with E-state index in [0.29, 0.717) is 0 Å². The molecule has 3 rings (SSSR count). The largest absolute Gasteiger partial charge is 0.399 e. The first-order valence-electron chi connectivity index (χ1n) is 8.10. The Bertz CT molecular complexity index is 506. The number of nitrogens with zero attached hydrogens (tertiary/aromatic N) is 3. The van der Waals surface area contributed by atoms with E-state index in [0.717, 1.165) is 35.7 Å². The maximum absolute atomic E-state index is 5.94. The summed E-state index contributed by atoms with van der Waals surface area (Å²) in [6, 6.07) is 7.13. The van der Waals surface area contributed by atoms with Gasteiger partial charge in [-0.25, -0.2) is 0 Å². The summed E-state index contributed by atoms with van der Waals surface area (Å²) in [5.74, 6) is 0. The van der Waals surface area contributed by atoms with Crippen molar-refractivity contribution in [2.45, 2.75) is 18.9 Å². The Morgan fingerprint density at radius 2 is 2.00 bits per heavy atom. The number of benzene rings is 1. The highest BCUT2D eigenvalue weighted by molar-refractivity contribution is 5.64. The molecule has 0 aromatic heterocycles. The van der Waals surface area contributed by atoms with Crippen LogP contribution in [-0.2, 0) is 6.42 Å². The van der Waals surface area contributed by atoms with Crippen molar-refractivity contribution in [2.75, 3.05) is 64.5 Å². The molecule has 1 atom stereocenters. The van der Waals surface area contributed by atoms with Crippen LogP contribution in [-0.4, -0.2) is 69.3 Å². The van der Waals surface area contributed by atoms with E-state index in [1.54, 1.807) is 0 Å². The lowest BCUT2D eigenvalue weighted by molar-refractivity contribution is -0.893. The highest BCUT2D eigenvalue weighted by atomic mass is 15.4. The summed E-state index contributed by atoms with van der Waals surface area (Å²) in [4.78, 5) is 5.13. The number of hydrogen-bond donors (Lipinski definition) is 1. The van der Waals surface area contributed by atoms with Crippen LogP contribution in [0.25, 0.3) is 0 Å². The van der Waals surface area contributed by atoms with Crippen LogP contribution in [0.2, 0.25) is 0 Å². The van der Waals surface area contributed by atoms with Gasteiger partial charge in [0.1, 0.15) is 6.04 Å². The quantitative estimate of drug-likeness (QED) is 0.672. The second kappa shape index (κ2) is 5.50. The van der Waals surface area contributed by atoms with E-state index in [9.17, 15) is 0 Å². The lowest BCUT2D eigenvalue weighted by Crippen LogP contribution is -2.47. The number of rotatable bonds is 4. The fraction of sp³-hybridized carbons (Fsp3) is 0.647. The summed E-state index contributed by atoms with van der Waals surface area (Å²) in [7, 11) is 6.94. The Hall–Kier alpha value is -1.26. The maximum atomic E-state index is 5.94. The van der Waals surface area contributed by atoms with E-state index >= 15 is 0 Å². The third kappa shape index (κ3) is 3.16. The molecule has 4 nitrogen and oxygen atoms in total. The van der Waals surface area contributed by atoms with Crippen molar-refractivity contribution in [2.24, 2.45) is 0 Å². The molecule has 0 amide bonds. The van der Waals surface area contributed by atoms with E-state index in [4.69, 9.17) is 5.73 Å². The number of likely N-dealkylation sites (tertiary alicyclic amines) is 1. The highest BCUT2D eigenvalue weighted by Gasteiger charge is 2.32. The average molecular weight is 289 g/mol. The van der Waals surface area contributed by atoms with E-state index in [1.807, 2.05) is 6.07 Å². The molecule has 1 unspecified atom stereocenters. The third-order valence-electron chi connectivity index (χ3n) is 5.13. The average Bonchev–Trinajstić information content (AvgIpc) is 3.01. The topological polar surface area (TPSA) is 32.5 Å². The number of nitrogen functional groups attached to an aromatic ring is 1. The standard InChI is InChI=1S/C17H29N4/c1-21(2,3)16-7-8-19(13-16)10-11-20-9-6-14-4-5-15(18)12-17(14)20/h4-5,12,16H,6-11,13,18H2,1-3H3/q+1. The first-order valence-corrected chi connectivity index (χ1v) is 8.10. The van der Waals surface area contributed by atoms with Gasteiger partial charge in [0.25, 0.3) is 0 Å². The first-order chi connectivity index (χ1) is 9.93. The molecule has 2 N–H and O–H groups in total. The van der Waals surface area contributed by atoms with Crippen LogP contribution < -0.4 is 10.6 Å². The summed E-state index contributed by atoms with van der Waals surface area (Å²) >= 11 is 0. The Labute approximate surface area is 128 Å². The first kappa shape index (κ1) is 14.7. The predicted molar refractivity (Wildman–Crippen MR) is 89.6 cm³/mol. The van der Waals surface area contributed by atoms with Crippen molar-refractivity contribution >= 4 is 11.4 Å². The molecule has 2 heterocycles. The van der Waals surface area contributed by atoms with E-state index in [-0.39, 0.29) is 0 Å². The lowest BCUT2D eigenvalue weighted by Gasteiger charge is -2.31. The molecule has 1 aromatic carbocycles. The van der Waals surface area contributed by atoms with E-state index in [2.05, 4.69) is 43.1 Å². The van der Waals surface area contributed by atoms with Gasteiger partial charge in [0.15, 0.2) is 0 Å². The zero-order valence-electron chi connectivity index (χ0n) is 13.7. The number of anilines is 2. The molecule has 0 saturated carbocycles.